The van der Waals surface area contributed by atoms with Crippen molar-refractivity contribution in [3.63, 3.8) is 0 Å². The fourth-order valence-electron chi connectivity index (χ4n) is 4.96. The Morgan fingerprint density at radius 2 is 1.79 bits per heavy atom. The van der Waals surface area contributed by atoms with Gasteiger partial charge in [-0.25, -0.2) is 0 Å². The molecule has 2 aromatic rings. The van der Waals surface area contributed by atoms with E-state index in [0.29, 0.717) is 24.7 Å². The lowest BCUT2D eigenvalue weighted by atomic mass is 9.68. The highest BCUT2D eigenvalue weighted by molar-refractivity contribution is 5.88. The summed E-state index contributed by atoms with van der Waals surface area (Å²) in [7, 11) is 3.29. The summed E-state index contributed by atoms with van der Waals surface area (Å²) in [6.45, 7) is 1.78. The fraction of sp³-hybridized carbons (Fsp3) is 0.519. The molecule has 0 spiro atoms. The molecule has 1 atom stereocenters. The van der Waals surface area contributed by atoms with Gasteiger partial charge in [-0.15, -0.1) is 0 Å². The second-order valence-electron chi connectivity index (χ2n) is 8.99. The highest BCUT2D eigenvalue weighted by atomic mass is 16.5. The third-order valence-electron chi connectivity index (χ3n) is 6.91. The van der Waals surface area contributed by atoms with Crippen LogP contribution in [0.1, 0.15) is 56.1 Å². The highest BCUT2D eigenvalue weighted by Crippen LogP contribution is 2.40. The van der Waals surface area contributed by atoms with Crippen molar-refractivity contribution in [2.45, 2.75) is 63.0 Å². The van der Waals surface area contributed by atoms with Gasteiger partial charge in [0, 0.05) is 13.2 Å². The van der Waals surface area contributed by atoms with Crippen LogP contribution in [0.4, 0.5) is 0 Å². The largest absolute Gasteiger partial charge is 0.497 e. The Balaban J connectivity index is 1.43. The van der Waals surface area contributed by atoms with Gasteiger partial charge < -0.3 is 24.3 Å². The number of carbonyl (C=O) groups is 1. The molecular formula is C27H35NO5. The first-order chi connectivity index (χ1) is 16.1. The predicted octanol–water partition coefficient (Wildman–Crippen LogP) is 4.78. The second-order valence-corrected chi connectivity index (χ2v) is 8.99. The van der Waals surface area contributed by atoms with Crippen LogP contribution in [-0.4, -0.2) is 39.4 Å². The molecule has 1 N–H and O–H groups in total. The molecule has 1 unspecified atom stereocenters. The third kappa shape index (κ3) is 5.44. The number of amides is 1. The molecule has 178 valence electrons. The molecule has 1 aliphatic heterocycles. The van der Waals surface area contributed by atoms with Gasteiger partial charge >= 0.3 is 0 Å². The molecular weight excluding hydrogens is 418 g/mol. The number of rotatable bonds is 9. The minimum Gasteiger partial charge on any atom is -0.497 e. The number of ether oxygens (including phenoxy) is 4. The van der Waals surface area contributed by atoms with E-state index in [4.69, 9.17) is 18.9 Å². The zero-order valence-electron chi connectivity index (χ0n) is 19.7. The van der Waals surface area contributed by atoms with E-state index < -0.39 is 5.41 Å². The van der Waals surface area contributed by atoms with Crippen LogP contribution in [0.5, 0.6) is 17.2 Å². The topological polar surface area (TPSA) is 66.0 Å². The molecule has 33 heavy (non-hydrogen) atoms. The van der Waals surface area contributed by atoms with E-state index in [1.54, 1.807) is 14.2 Å². The van der Waals surface area contributed by atoms with Crippen molar-refractivity contribution in [3.05, 3.63) is 53.6 Å². The van der Waals surface area contributed by atoms with Crippen molar-refractivity contribution >= 4 is 5.91 Å². The van der Waals surface area contributed by atoms with E-state index in [9.17, 15) is 4.79 Å². The van der Waals surface area contributed by atoms with Crippen LogP contribution in [-0.2, 0) is 21.5 Å². The van der Waals surface area contributed by atoms with E-state index in [-0.39, 0.29) is 12.0 Å². The number of hydrogen-bond acceptors (Lipinski definition) is 5. The number of benzene rings is 2. The average Bonchev–Trinajstić information content (AvgIpc) is 3.40. The molecule has 1 amide bonds. The summed E-state index contributed by atoms with van der Waals surface area (Å²) >= 11 is 0. The molecule has 2 aromatic carbocycles. The van der Waals surface area contributed by atoms with E-state index in [1.807, 2.05) is 42.5 Å². The molecule has 0 radical (unpaired) electrons. The number of methoxy groups -OCH3 is 2. The molecule has 6 nitrogen and oxygen atoms in total. The standard InChI is InChI=1S/C27H35NO5/c1-30-22-11-9-21(10-12-22)27(14-4-3-5-15-27)26(29)28-18-20-8-13-24(25(17-20)31-2)33-19-23-7-6-16-32-23/h8-13,17,23H,3-7,14-16,18-19H2,1-2H3,(H,28,29). The van der Waals surface area contributed by atoms with Crippen molar-refractivity contribution < 1.29 is 23.7 Å². The summed E-state index contributed by atoms with van der Waals surface area (Å²) in [5.41, 5.74) is 1.56. The van der Waals surface area contributed by atoms with Crippen LogP contribution < -0.4 is 19.5 Å². The van der Waals surface area contributed by atoms with E-state index in [2.05, 4.69) is 5.32 Å². The van der Waals surface area contributed by atoms with Gasteiger partial charge in [0.1, 0.15) is 12.4 Å². The number of hydrogen-bond donors (Lipinski definition) is 1. The monoisotopic (exact) mass is 453 g/mol. The molecule has 1 saturated carbocycles. The first-order valence-corrected chi connectivity index (χ1v) is 12.0. The van der Waals surface area contributed by atoms with Gasteiger partial charge in [0.2, 0.25) is 5.91 Å². The zero-order chi connectivity index (χ0) is 23.1. The van der Waals surface area contributed by atoms with Crippen molar-refractivity contribution in [1.29, 1.82) is 0 Å². The quantitative estimate of drug-likeness (QED) is 0.592. The van der Waals surface area contributed by atoms with Gasteiger partial charge in [-0.2, -0.15) is 0 Å². The molecule has 1 aliphatic carbocycles. The van der Waals surface area contributed by atoms with Crippen LogP contribution in [0.2, 0.25) is 0 Å². The highest BCUT2D eigenvalue weighted by Gasteiger charge is 2.40. The van der Waals surface area contributed by atoms with Crippen LogP contribution in [0.3, 0.4) is 0 Å². The van der Waals surface area contributed by atoms with E-state index >= 15 is 0 Å². The minimum atomic E-state index is -0.487. The average molecular weight is 454 g/mol. The van der Waals surface area contributed by atoms with Crippen molar-refractivity contribution in [3.8, 4) is 17.2 Å². The Labute approximate surface area is 196 Å². The van der Waals surface area contributed by atoms with E-state index in [1.165, 1.54) is 6.42 Å². The predicted molar refractivity (Wildman–Crippen MR) is 127 cm³/mol. The Morgan fingerprint density at radius 3 is 2.45 bits per heavy atom. The van der Waals surface area contributed by atoms with E-state index in [0.717, 1.165) is 62.0 Å². The smallest absolute Gasteiger partial charge is 0.230 e. The van der Waals surface area contributed by atoms with Crippen molar-refractivity contribution in [2.24, 2.45) is 0 Å². The summed E-state index contributed by atoms with van der Waals surface area (Å²) < 4.78 is 22.4. The van der Waals surface area contributed by atoms with Crippen LogP contribution in [0.15, 0.2) is 42.5 Å². The Kier molecular flexibility index (Phi) is 7.76. The lowest BCUT2D eigenvalue weighted by molar-refractivity contribution is -0.128. The number of nitrogens with one attached hydrogen (secondary N) is 1. The second kappa shape index (κ2) is 10.9. The van der Waals surface area contributed by atoms with Gasteiger partial charge in [-0.05, 0) is 61.1 Å². The van der Waals surface area contributed by atoms with Crippen LogP contribution >= 0.6 is 0 Å². The Hall–Kier alpha value is -2.73. The molecule has 2 fully saturated rings. The maximum atomic E-state index is 13.5. The van der Waals surface area contributed by atoms with Gasteiger partial charge in [0.05, 0.1) is 25.7 Å². The number of carbonyl (C=O) groups excluding carboxylic acids is 1. The third-order valence-corrected chi connectivity index (χ3v) is 6.91. The maximum absolute atomic E-state index is 13.5. The van der Waals surface area contributed by atoms with Crippen molar-refractivity contribution in [2.75, 3.05) is 27.4 Å². The first-order valence-electron chi connectivity index (χ1n) is 12.0. The molecule has 4 rings (SSSR count). The van der Waals surface area contributed by atoms with Crippen LogP contribution in [0.25, 0.3) is 0 Å². The molecule has 1 saturated heterocycles. The SMILES string of the molecule is COc1ccc(C2(C(=O)NCc3ccc(OCC4CCCO4)c(OC)c3)CCCCC2)cc1. The first kappa shape index (κ1) is 23.4. The lowest BCUT2D eigenvalue weighted by Crippen LogP contribution is -2.45. The summed E-state index contributed by atoms with van der Waals surface area (Å²) in [4.78, 5) is 13.5. The molecule has 0 bridgehead atoms. The Morgan fingerprint density at radius 1 is 1.00 bits per heavy atom. The summed E-state index contributed by atoms with van der Waals surface area (Å²) in [5, 5.41) is 3.20. The van der Waals surface area contributed by atoms with Gasteiger partial charge in [-0.3, -0.25) is 4.79 Å². The van der Waals surface area contributed by atoms with Gasteiger partial charge in [-0.1, -0.05) is 37.5 Å². The lowest BCUT2D eigenvalue weighted by Gasteiger charge is -2.36. The maximum Gasteiger partial charge on any atom is 0.230 e. The minimum absolute atomic E-state index is 0.0880. The molecule has 6 heteroatoms. The van der Waals surface area contributed by atoms with Crippen LogP contribution in [0, 0.1) is 0 Å². The molecule has 1 heterocycles. The normalized spacial score (nSPS) is 19.6. The molecule has 2 aliphatic rings. The Bertz CT molecular complexity index is 915. The van der Waals surface area contributed by atoms with Gasteiger partial charge in [0.25, 0.3) is 0 Å². The summed E-state index contributed by atoms with van der Waals surface area (Å²) in [5.74, 6) is 2.26. The fourth-order valence-corrected chi connectivity index (χ4v) is 4.96. The van der Waals surface area contributed by atoms with Crippen molar-refractivity contribution in [1.82, 2.24) is 5.32 Å². The molecule has 0 aromatic heterocycles. The summed E-state index contributed by atoms with van der Waals surface area (Å²) in [6, 6.07) is 13.8. The summed E-state index contributed by atoms with van der Waals surface area (Å²) in [6.07, 6.45) is 7.29. The van der Waals surface area contributed by atoms with Gasteiger partial charge in [0.15, 0.2) is 11.5 Å². The zero-order valence-corrected chi connectivity index (χ0v) is 19.7.